The molecule has 0 saturated carbocycles. The number of carbonyl (C=O) groups is 1. The average molecular weight is 444 g/mol. The van der Waals surface area contributed by atoms with Crippen LogP contribution in [0.4, 0.5) is 5.69 Å². The topological polar surface area (TPSA) is 87.7 Å². The van der Waals surface area contributed by atoms with E-state index in [1.807, 2.05) is 42.5 Å². The summed E-state index contributed by atoms with van der Waals surface area (Å²) in [5.74, 6) is 1.30. The standard InChI is InChI=1S/C23H29N3O4S/c1-26(31(2,28)29)19-6-3-16(4-7-19)21-10-12-24-11-9-18(21)15-30-20-8-5-17-14-25-23(27)22(17)13-20/h3-8,13,18,21,24H,9-12,14-15H2,1-2H3,(H,25,27)/t18-,21-/m0/s1. The van der Waals surface area contributed by atoms with Crippen molar-refractivity contribution in [2.75, 3.05) is 37.3 Å². The average Bonchev–Trinajstić information content (AvgIpc) is 2.97. The first-order valence-electron chi connectivity index (χ1n) is 10.6. The van der Waals surface area contributed by atoms with E-state index in [0.717, 1.165) is 37.2 Å². The minimum absolute atomic E-state index is 0.0452. The third-order valence-corrected chi connectivity index (χ3v) is 7.51. The molecule has 2 aromatic rings. The molecule has 1 amide bonds. The molecule has 0 spiro atoms. The van der Waals surface area contributed by atoms with Gasteiger partial charge in [0.05, 0.1) is 18.6 Å². The maximum Gasteiger partial charge on any atom is 0.252 e. The van der Waals surface area contributed by atoms with Crippen LogP contribution in [0, 0.1) is 5.92 Å². The second kappa shape index (κ2) is 8.88. The largest absolute Gasteiger partial charge is 0.493 e. The zero-order valence-corrected chi connectivity index (χ0v) is 18.7. The van der Waals surface area contributed by atoms with Crippen molar-refractivity contribution in [1.29, 1.82) is 0 Å². The summed E-state index contributed by atoms with van der Waals surface area (Å²) in [7, 11) is -1.72. The molecule has 166 valence electrons. The molecule has 0 bridgehead atoms. The molecule has 1 saturated heterocycles. The van der Waals surface area contributed by atoms with Crippen LogP contribution in [0.25, 0.3) is 0 Å². The van der Waals surface area contributed by atoms with Gasteiger partial charge in [0.25, 0.3) is 5.91 Å². The van der Waals surface area contributed by atoms with Gasteiger partial charge in [-0.1, -0.05) is 18.2 Å². The maximum atomic E-state index is 11.9. The summed E-state index contributed by atoms with van der Waals surface area (Å²) in [4.78, 5) is 11.9. The lowest BCUT2D eigenvalue weighted by Gasteiger charge is -2.26. The first-order valence-corrected chi connectivity index (χ1v) is 12.5. The lowest BCUT2D eigenvalue weighted by Crippen LogP contribution is -2.25. The van der Waals surface area contributed by atoms with Gasteiger partial charge in [-0.05, 0) is 67.2 Å². The van der Waals surface area contributed by atoms with Crippen LogP contribution in [0.2, 0.25) is 0 Å². The summed E-state index contributed by atoms with van der Waals surface area (Å²) >= 11 is 0. The van der Waals surface area contributed by atoms with Crippen molar-refractivity contribution in [2.45, 2.75) is 25.3 Å². The molecule has 8 heteroatoms. The van der Waals surface area contributed by atoms with Gasteiger partial charge in [0.15, 0.2) is 0 Å². The first-order chi connectivity index (χ1) is 14.8. The Morgan fingerprint density at radius 1 is 1.10 bits per heavy atom. The lowest BCUT2D eigenvalue weighted by atomic mass is 9.83. The third-order valence-electron chi connectivity index (χ3n) is 6.30. The van der Waals surface area contributed by atoms with Gasteiger partial charge in [-0.3, -0.25) is 9.10 Å². The quantitative estimate of drug-likeness (QED) is 0.716. The highest BCUT2D eigenvalue weighted by molar-refractivity contribution is 7.92. The van der Waals surface area contributed by atoms with E-state index in [9.17, 15) is 13.2 Å². The van der Waals surface area contributed by atoms with Gasteiger partial charge in [0, 0.05) is 25.1 Å². The van der Waals surface area contributed by atoms with Gasteiger partial charge in [0.2, 0.25) is 10.0 Å². The predicted octanol–water partition coefficient (Wildman–Crippen LogP) is 2.49. The minimum atomic E-state index is -3.28. The number of anilines is 1. The predicted molar refractivity (Wildman–Crippen MR) is 121 cm³/mol. The van der Waals surface area contributed by atoms with Crippen molar-refractivity contribution in [2.24, 2.45) is 5.92 Å². The number of nitrogens with zero attached hydrogens (tertiary/aromatic N) is 1. The summed E-state index contributed by atoms with van der Waals surface area (Å²) in [6.45, 7) is 3.02. The van der Waals surface area contributed by atoms with Crippen LogP contribution >= 0.6 is 0 Å². The van der Waals surface area contributed by atoms with E-state index in [1.165, 1.54) is 16.1 Å². The summed E-state index contributed by atoms with van der Waals surface area (Å²) in [6.07, 6.45) is 3.18. The molecular weight excluding hydrogens is 414 g/mol. The molecule has 2 aromatic carbocycles. The van der Waals surface area contributed by atoms with E-state index in [0.29, 0.717) is 36.2 Å². The van der Waals surface area contributed by atoms with Crippen LogP contribution in [0.3, 0.4) is 0 Å². The highest BCUT2D eigenvalue weighted by Gasteiger charge is 2.27. The Morgan fingerprint density at radius 3 is 2.58 bits per heavy atom. The Balaban J connectivity index is 1.49. The first kappa shape index (κ1) is 21.6. The summed E-state index contributed by atoms with van der Waals surface area (Å²) < 4.78 is 31.0. The van der Waals surface area contributed by atoms with Gasteiger partial charge >= 0.3 is 0 Å². The Bertz CT molecular complexity index is 1050. The molecule has 2 aliphatic heterocycles. The van der Waals surface area contributed by atoms with E-state index in [1.54, 1.807) is 7.05 Å². The Kier molecular flexibility index (Phi) is 6.20. The summed E-state index contributed by atoms with van der Waals surface area (Å²) in [5, 5.41) is 6.30. The Morgan fingerprint density at radius 2 is 1.84 bits per heavy atom. The number of benzene rings is 2. The van der Waals surface area contributed by atoms with E-state index < -0.39 is 10.0 Å². The lowest BCUT2D eigenvalue weighted by molar-refractivity contribution is 0.0965. The monoisotopic (exact) mass is 443 g/mol. The molecule has 2 atom stereocenters. The van der Waals surface area contributed by atoms with Crippen LogP contribution in [-0.2, 0) is 16.6 Å². The number of fused-ring (bicyclic) bond motifs is 1. The fourth-order valence-electron chi connectivity index (χ4n) is 4.35. The van der Waals surface area contributed by atoms with Crippen LogP contribution in [-0.4, -0.2) is 47.3 Å². The van der Waals surface area contributed by atoms with Gasteiger partial charge in [-0.2, -0.15) is 0 Å². The number of amides is 1. The van der Waals surface area contributed by atoms with Crippen molar-refractivity contribution in [1.82, 2.24) is 10.6 Å². The zero-order valence-electron chi connectivity index (χ0n) is 17.9. The SMILES string of the molecule is CN(c1ccc([C@@H]2CCNCC[C@H]2COc2ccc3c(c2)C(=O)NC3)cc1)S(C)(=O)=O. The molecule has 31 heavy (non-hydrogen) atoms. The van der Waals surface area contributed by atoms with E-state index in [4.69, 9.17) is 4.74 Å². The number of rotatable bonds is 6. The van der Waals surface area contributed by atoms with Crippen molar-refractivity contribution in [3.8, 4) is 5.75 Å². The zero-order chi connectivity index (χ0) is 22.0. The molecule has 7 nitrogen and oxygen atoms in total. The molecule has 0 unspecified atom stereocenters. The molecule has 0 aromatic heterocycles. The summed E-state index contributed by atoms with van der Waals surface area (Å²) in [5.41, 5.74) is 3.55. The number of nitrogens with one attached hydrogen (secondary N) is 2. The van der Waals surface area contributed by atoms with Crippen LogP contribution < -0.4 is 19.7 Å². The summed E-state index contributed by atoms with van der Waals surface area (Å²) in [6, 6.07) is 13.5. The minimum Gasteiger partial charge on any atom is -0.493 e. The van der Waals surface area contributed by atoms with Crippen LogP contribution in [0.1, 0.15) is 40.2 Å². The molecule has 0 radical (unpaired) electrons. The highest BCUT2D eigenvalue weighted by Crippen LogP contribution is 2.34. The number of carbonyl (C=O) groups excluding carboxylic acids is 1. The Hall–Kier alpha value is -2.58. The van der Waals surface area contributed by atoms with E-state index in [2.05, 4.69) is 10.6 Å². The second-order valence-corrected chi connectivity index (χ2v) is 10.3. The van der Waals surface area contributed by atoms with Gasteiger partial charge < -0.3 is 15.4 Å². The molecular formula is C23H29N3O4S. The normalized spacial score (nSPS) is 21.2. The maximum absolute atomic E-state index is 11.9. The molecule has 2 heterocycles. The van der Waals surface area contributed by atoms with Crippen LogP contribution in [0.5, 0.6) is 5.75 Å². The second-order valence-electron chi connectivity index (χ2n) is 8.33. The van der Waals surface area contributed by atoms with Crippen molar-refractivity contribution < 1.29 is 17.9 Å². The molecule has 2 aliphatic rings. The molecule has 1 fully saturated rings. The van der Waals surface area contributed by atoms with Crippen molar-refractivity contribution >= 4 is 21.6 Å². The van der Waals surface area contributed by atoms with E-state index >= 15 is 0 Å². The van der Waals surface area contributed by atoms with Crippen molar-refractivity contribution in [3.05, 3.63) is 59.2 Å². The Labute approximate surface area is 183 Å². The third kappa shape index (κ3) is 4.85. The van der Waals surface area contributed by atoms with E-state index in [-0.39, 0.29) is 5.91 Å². The van der Waals surface area contributed by atoms with Gasteiger partial charge in [0.1, 0.15) is 5.75 Å². The molecule has 0 aliphatic carbocycles. The number of sulfonamides is 1. The smallest absolute Gasteiger partial charge is 0.252 e. The highest BCUT2D eigenvalue weighted by atomic mass is 32.2. The number of hydrogen-bond acceptors (Lipinski definition) is 5. The fourth-order valence-corrected chi connectivity index (χ4v) is 4.86. The van der Waals surface area contributed by atoms with Crippen molar-refractivity contribution in [3.63, 3.8) is 0 Å². The number of hydrogen-bond donors (Lipinski definition) is 2. The number of ether oxygens (including phenoxy) is 1. The van der Waals surface area contributed by atoms with Crippen LogP contribution in [0.15, 0.2) is 42.5 Å². The molecule has 4 rings (SSSR count). The van der Waals surface area contributed by atoms with Gasteiger partial charge in [-0.25, -0.2) is 8.42 Å². The molecule has 2 N–H and O–H groups in total. The van der Waals surface area contributed by atoms with Gasteiger partial charge in [-0.15, -0.1) is 0 Å². The fraction of sp³-hybridized carbons (Fsp3) is 0.435.